The Morgan fingerprint density at radius 1 is 0.425 bits per heavy atom. The molecule has 0 unspecified atom stereocenters. The van der Waals surface area contributed by atoms with E-state index in [1.165, 1.54) is 136 Å². The van der Waals surface area contributed by atoms with Gasteiger partial charge < -0.3 is 8.97 Å². The Balaban J connectivity index is 2.18. The smallest absolute Gasteiger partial charge is 0.106 e. The highest BCUT2D eigenvalue weighted by atomic mass is 15.4. The number of hydrogen-bond acceptors (Lipinski definition) is 2. The van der Waals surface area contributed by atoms with Crippen molar-refractivity contribution in [2.24, 2.45) is 0 Å². The largest absolute Gasteiger partial charge is 0.320 e. The van der Waals surface area contributed by atoms with Crippen molar-refractivity contribution < 1.29 is 8.97 Å². The lowest BCUT2D eigenvalue weighted by atomic mass is 10.1. The molecule has 0 aliphatic carbocycles. The van der Waals surface area contributed by atoms with Crippen molar-refractivity contribution in [1.82, 2.24) is 9.97 Å². The minimum absolute atomic E-state index is 0.993. The maximum atomic E-state index is 4.92. The lowest BCUT2D eigenvalue weighted by molar-refractivity contribution is -0.941. The second kappa shape index (κ2) is 19.4. The van der Waals surface area contributed by atoms with E-state index in [-0.39, 0.29) is 0 Å². The Hall–Kier alpha value is -1.78. The molecule has 4 heteroatoms. The van der Waals surface area contributed by atoms with Crippen molar-refractivity contribution in [3.8, 4) is 11.4 Å². The molecule has 2 aromatic rings. The van der Waals surface area contributed by atoms with Crippen LogP contribution in [-0.4, -0.2) is 58.2 Å². The van der Waals surface area contributed by atoms with E-state index in [0.717, 1.165) is 24.5 Å². The van der Waals surface area contributed by atoms with E-state index in [0.29, 0.717) is 0 Å². The minimum Gasteiger partial charge on any atom is -0.320 e. The molecule has 2 rings (SSSR count). The third-order valence-electron chi connectivity index (χ3n) is 8.86. The minimum atomic E-state index is 0.993. The van der Waals surface area contributed by atoms with Crippen molar-refractivity contribution in [3.05, 3.63) is 47.8 Å². The topological polar surface area (TPSA) is 25.8 Å². The van der Waals surface area contributed by atoms with E-state index < -0.39 is 0 Å². The molecule has 0 atom stereocenters. The van der Waals surface area contributed by atoms with Crippen LogP contribution in [0.5, 0.6) is 0 Å². The molecule has 0 fully saturated rings. The van der Waals surface area contributed by atoms with Gasteiger partial charge in [0.25, 0.3) is 0 Å². The molecule has 0 radical (unpaired) electrons. The first-order valence-corrected chi connectivity index (χ1v) is 17.1. The summed E-state index contributed by atoms with van der Waals surface area (Å²) in [5.41, 5.74) is 4.72. The number of quaternary nitrogens is 2. The lowest BCUT2D eigenvalue weighted by Crippen LogP contribution is -2.49. The summed E-state index contributed by atoms with van der Waals surface area (Å²) >= 11 is 0. The Labute approximate surface area is 248 Å². The van der Waals surface area contributed by atoms with Gasteiger partial charge in [0, 0.05) is 23.5 Å². The molecule has 0 amide bonds. The third-order valence-corrected chi connectivity index (χ3v) is 8.86. The maximum absolute atomic E-state index is 4.92. The molecular weight excluding hydrogens is 488 g/mol. The molecule has 4 nitrogen and oxygen atoms in total. The maximum Gasteiger partial charge on any atom is 0.106 e. The summed E-state index contributed by atoms with van der Waals surface area (Å²) < 4.78 is 2.44. The molecule has 226 valence electrons. The highest BCUT2D eigenvalue weighted by molar-refractivity contribution is 5.54. The van der Waals surface area contributed by atoms with Crippen LogP contribution in [-0.2, 0) is 13.1 Å². The van der Waals surface area contributed by atoms with Gasteiger partial charge in [-0.15, -0.1) is 0 Å². The molecule has 0 aliphatic rings. The summed E-state index contributed by atoms with van der Waals surface area (Å²) in [6, 6.07) is 9.04. The zero-order valence-electron chi connectivity index (χ0n) is 27.4. The number of rotatable bonds is 23. The highest BCUT2D eigenvalue weighted by Gasteiger charge is 2.28. The number of nitrogens with zero attached hydrogens (tertiary/aromatic N) is 4. The third kappa shape index (κ3) is 11.6. The van der Waals surface area contributed by atoms with Crippen molar-refractivity contribution in [1.29, 1.82) is 0 Å². The lowest BCUT2D eigenvalue weighted by Gasteiger charge is -2.39. The molecule has 2 aromatic heterocycles. The van der Waals surface area contributed by atoms with Gasteiger partial charge in [-0.1, -0.05) is 80.1 Å². The molecule has 2 heterocycles. The van der Waals surface area contributed by atoms with Crippen LogP contribution in [0.1, 0.15) is 130 Å². The fourth-order valence-electron chi connectivity index (χ4n) is 6.22. The highest BCUT2D eigenvalue weighted by Crippen LogP contribution is 2.24. The summed E-state index contributed by atoms with van der Waals surface area (Å²) in [6.07, 6.45) is 19.7. The molecule has 0 saturated heterocycles. The van der Waals surface area contributed by atoms with E-state index in [9.17, 15) is 0 Å². The van der Waals surface area contributed by atoms with Crippen LogP contribution < -0.4 is 0 Å². The molecule has 0 bridgehead atoms. The first-order valence-electron chi connectivity index (χ1n) is 17.1. The Bertz CT molecular complexity index is 771. The van der Waals surface area contributed by atoms with Crippen LogP contribution in [0.25, 0.3) is 11.4 Å². The molecular formula is C36H64N4+2. The van der Waals surface area contributed by atoms with E-state index in [2.05, 4.69) is 78.2 Å². The SMILES string of the molecule is CCCC[N+](CCCC)(CCCC)Cc1ccc(-c2ccc(C[N+](CCCC)(CCCC)CCCC)cn2)nc1. The predicted molar refractivity (Wildman–Crippen MR) is 174 cm³/mol. The zero-order chi connectivity index (χ0) is 29.1. The van der Waals surface area contributed by atoms with Crippen LogP contribution in [0.3, 0.4) is 0 Å². The molecule has 0 aliphatic heterocycles. The van der Waals surface area contributed by atoms with Gasteiger partial charge in [-0.3, -0.25) is 9.97 Å². The second-order valence-corrected chi connectivity index (χ2v) is 12.6. The van der Waals surface area contributed by atoms with Gasteiger partial charge in [-0.05, 0) is 62.8 Å². The zero-order valence-corrected chi connectivity index (χ0v) is 27.4. The fourth-order valence-corrected chi connectivity index (χ4v) is 6.22. The monoisotopic (exact) mass is 553 g/mol. The second-order valence-electron chi connectivity index (χ2n) is 12.6. The molecule has 0 spiro atoms. The summed E-state index contributed by atoms with van der Waals surface area (Å²) in [7, 11) is 0. The van der Waals surface area contributed by atoms with E-state index in [1.54, 1.807) is 0 Å². The molecule has 0 aromatic carbocycles. The average molecular weight is 553 g/mol. The van der Waals surface area contributed by atoms with Crippen molar-refractivity contribution in [2.75, 3.05) is 39.3 Å². The van der Waals surface area contributed by atoms with Crippen molar-refractivity contribution in [2.45, 2.75) is 132 Å². The van der Waals surface area contributed by atoms with Gasteiger partial charge in [0.2, 0.25) is 0 Å². The van der Waals surface area contributed by atoms with Gasteiger partial charge in [-0.2, -0.15) is 0 Å². The summed E-state index contributed by atoms with van der Waals surface area (Å²) in [5.74, 6) is 0. The quantitative estimate of drug-likeness (QED) is 0.128. The van der Waals surface area contributed by atoms with Gasteiger partial charge in [-0.25, -0.2) is 0 Å². The van der Waals surface area contributed by atoms with Crippen LogP contribution in [0.4, 0.5) is 0 Å². The standard InChI is InChI=1S/C36H64N4/c1-7-13-23-39(24-14-8-2,25-15-9-3)31-33-19-21-35(37-29-33)36-22-20-34(30-38-36)32-40(26-16-10-4,27-17-11-5)28-18-12-6/h19-22,29-30H,7-18,23-28,31-32H2,1-6H3/q+2. The first kappa shape index (κ1) is 34.4. The summed E-state index contributed by atoms with van der Waals surface area (Å²) in [5, 5.41) is 0. The van der Waals surface area contributed by atoms with Crippen LogP contribution in [0.2, 0.25) is 0 Å². The van der Waals surface area contributed by atoms with Crippen molar-refractivity contribution >= 4 is 0 Å². The van der Waals surface area contributed by atoms with Crippen LogP contribution in [0.15, 0.2) is 36.7 Å². The predicted octanol–water partition coefficient (Wildman–Crippen LogP) is 9.58. The van der Waals surface area contributed by atoms with E-state index in [1.807, 2.05) is 0 Å². The number of aromatic nitrogens is 2. The Kier molecular flexibility index (Phi) is 16.7. The molecule has 0 N–H and O–H groups in total. The van der Waals surface area contributed by atoms with E-state index >= 15 is 0 Å². The van der Waals surface area contributed by atoms with Gasteiger partial charge in [0.1, 0.15) is 13.1 Å². The van der Waals surface area contributed by atoms with Crippen LogP contribution in [0, 0.1) is 0 Å². The molecule has 40 heavy (non-hydrogen) atoms. The fraction of sp³-hybridized carbons (Fsp3) is 0.722. The number of unbranched alkanes of at least 4 members (excludes halogenated alkanes) is 6. The van der Waals surface area contributed by atoms with Gasteiger partial charge in [0.15, 0.2) is 0 Å². The Morgan fingerprint density at radius 3 is 0.900 bits per heavy atom. The average Bonchev–Trinajstić information content (AvgIpc) is 2.99. The van der Waals surface area contributed by atoms with Crippen LogP contribution >= 0.6 is 0 Å². The number of pyridine rings is 2. The van der Waals surface area contributed by atoms with Gasteiger partial charge in [0.05, 0.1) is 50.7 Å². The van der Waals surface area contributed by atoms with E-state index in [4.69, 9.17) is 9.97 Å². The summed E-state index contributed by atoms with van der Waals surface area (Å²) in [4.78, 5) is 9.85. The van der Waals surface area contributed by atoms with Crippen molar-refractivity contribution in [3.63, 3.8) is 0 Å². The first-order chi connectivity index (χ1) is 19.5. The van der Waals surface area contributed by atoms with Gasteiger partial charge >= 0.3 is 0 Å². The normalized spacial score (nSPS) is 12.2. The summed E-state index contributed by atoms with van der Waals surface area (Å²) in [6.45, 7) is 23.9. The Morgan fingerprint density at radius 2 is 0.700 bits per heavy atom. The molecule has 0 saturated carbocycles. The number of hydrogen-bond donors (Lipinski definition) is 0.